The lowest BCUT2D eigenvalue weighted by atomic mass is 9.97. The van der Waals surface area contributed by atoms with Crippen LogP contribution < -0.4 is 0 Å². The highest BCUT2D eigenvalue weighted by atomic mass is 32.2. The van der Waals surface area contributed by atoms with Gasteiger partial charge in [-0.05, 0) is 12.3 Å². The lowest BCUT2D eigenvalue weighted by Gasteiger charge is -2.41. The van der Waals surface area contributed by atoms with E-state index in [1.165, 1.54) is 32.5 Å². The van der Waals surface area contributed by atoms with Crippen LogP contribution in [-0.4, -0.2) is 59.3 Å². The largest absolute Gasteiger partial charge is 0.463 e. The molecule has 0 spiro atoms. The maximum atomic E-state index is 11.6. The minimum Gasteiger partial charge on any atom is -0.463 e. The van der Waals surface area contributed by atoms with E-state index in [0.29, 0.717) is 5.92 Å². The maximum Gasteiger partial charge on any atom is 0.303 e. The monoisotopic (exact) mass is 387 g/mol. The zero-order valence-corrected chi connectivity index (χ0v) is 16.4. The summed E-state index contributed by atoms with van der Waals surface area (Å²) in [6.07, 6.45) is -1.66. The first kappa shape index (κ1) is 20.7. The van der Waals surface area contributed by atoms with Gasteiger partial charge in [-0.25, -0.2) is 0 Å². The number of carbonyl (C=O) groups excluding carboxylic acids is 3. The average molecular weight is 387 g/mol. The van der Waals surface area contributed by atoms with Gasteiger partial charge in [-0.2, -0.15) is 0 Å². The molecule has 0 aromatic carbocycles. The van der Waals surface area contributed by atoms with Gasteiger partial charge in [-0.3, -0.25) is 19.4 Å². The van der Waals surface area contributed by atoms with Crippen molar-refractivity contribution in [3.63, 3.8) is 0 Å². The number of fused-ring (bicyclic) bond motifs is 1. The summed E-state index contributed by atoms with van der Waals surface area (Å²) in [5.41, 5.74) is -0.388. The van der Waals surface area contributed by atoms with Crippen molar-refractivity contribution >= 4 is 34.7 Å². The lowest BCUT2D eigenvalue weighted by molar-refractivity contribution is -0.208. The van der Waals surface area contributed by atoms with E-state index in [1.54, 1.807) is 0 Å². The quantitative estimate of drug-likeness (QED) is 0.501. The number of rotatable bonds is 6. The molecule has 9 heteroatoms. The summed E-state index contributed by atoms with van der Waals surface area (Å²) < 4.78 is 21.9. The Balaban J connectivity index is 2.27. The molecule has 0 aromatic heterocycles. The zero-order valence-electron chi connectivity index (χ0n) is 15.6. The molecular formula is C17H25NO7S. The number of hydrogen-bond acceptors (Lipinski definition) is 9. The van der Waals surface area contributed by atoms with Gasteiger partial charge < -0.3 is 18.9 Å². The Hall–Kier alpha value is -1.61. The van der Waals surface area contributed by atoms with Crippen LogP contribution in [0.2, 0.25) is 0 Å². The van der Waals surface area contributed by atoms with Crippen molar-refractivity contribution < 1.29 is 33.3 Å². The van der Waals surface area contributed by atoms with E-state index in [4.69, 9.17) is 18.9 Å². The fourth-order valence-electron chi connectivity index (χ4n) is 2.90. The van der Waals surface area contributed by atoms with Gasteiger partial charge in [0.15, 0.2) is 12.2 Å². The second kappa shape index (κ2) is 8.85. The molecule has 2 rings (SSSR count). The molecular weight excluding hydrogens is 362 g/mol. The molecule has 2 aliphatic heterocycles. The Morgan fingerprint density at radius 2 is 1.69 bits per heavy atom. The van der Waals surface area contributed by atoms with Crippen LogP contribution in [0.1, 0.15) is 41.0 Å². The third-order valence-corrected chi connectivity index (χ3v) is 4.96. The first-order chi connectivity index (χ1) is 12.2. The molecule has 1 saturated heterocycles. The topological polar surface area (TPSA) is 100 Å². The van der Waals surface area contributed by atoms with Crippen molar-refractivity contribution in [3.8, 4) is 0 Å². The number of carbonyl (C=O) groups is 3. The van der Waals surface area contributed by atoms with E-state index >= 15 is 0 Å². The second-order valence-corrected chi connectivity index (χ2v) is 7.89. The molecule has 0 N–H and O–H groups in total. The normalized spacial score (nSPS) is 30.4. The minimum atomic E-state index is -0.903. The fourth-order valence-corrected chi connectivity index (χ4v) is 4.33. The number of ether oxygens (including phenoxy) is 4. The fraction of sp³-hybridized carbons (Fsp3) is 0.765. The second-order valence-electron chi connectivity index (χ2n) is 6.72. The van der Waals surface area contributed by atoms with E-state index in [1.807, 2.05) is 0 Å². The van der Waals surface area contributed by atoms with Crippen molar-refractivity contribution in [2.24, 2.45) is 10.9 Å². The average Bonchev–Trinajstić information content (AvgIpc) is 2.88. The molecule has 2 heterocycles. The molecule has 0 amide bonds. The zero-order chi connectivity index (χ0) is 19.4. The van der Waals surface area contributed by atoms with Gasteiger partial charge in [0, 0.05) is 20.8 Å². The number of hydrogen-bond donors (Lipinski definition) is 0. The molecule has 146 valence electrons. The summed E-state index contributed by atoms with van der Waals surface area (Å²) in [6, 6.07) is -0.476. The van der Waals surface area contributed by atoms with Crippen LogP contribution in [0.5, 0.6) is 0 Å². The third kappa shape index (κ3) is 5.44. The molecule has 0 saturated carbocycles. The van der Waals surface area contributed by atoms with Gasteiger partial charge in [0.05, 0.1) is 5.04 Å². The van der Waals surface area contributed by atoms with Crippen molar-refractivity contribution in [3.05, 3.63) is 0 Å². The van der Waals surface area contributed by atoms with Gasteiger partial charge in [-0.1, -0.05) is 25.6 Å². The summed E-state index contributed by atoms with van der Waals surface area (Å²) in [5, 5.41) is 0.905. The molecule has 0 bridgehead atoms. The summed E-state index contributed by atoms with van der Waals surface area (Å²) in [5.74, 6) is -1.11. The molecule has 0 unspecified atom stereocenters. The predicted octanol–water partition coefficient (Wildman–Crippen LogP) is 1.70. The highest BCUT2D eigenvalue weighted by Gasteiger charge is 2.53. The maximum absolute atomic E-state index is 11.6. The van der Waals surface area contributed by atoms with Crippen LogP contribution in [0.3, 0.4) is 0 Å². The van der Waals surface area contributed by atoms with Gasteiger partial charge in [-0.15, -0.1) is 0 Å². The van der Waals surface area contributed by atoms with Gasteiger partial charge in [0.1, 0.15) is 24.2 Å². The molecule has 0 aliphatic carbocycles. The number of esters is 3. The highest BCUT2D eigenvalue weighted by molar-refractivity contribution is 8.14. The number of nitrogens with zero attached hydrogens (tertiary/aromatic N) is 1. The van der Waals surface area contributed by atoms with Gasteiger partial charge in [0.25, 0.3) is 0 Å². The van der Waals surface area contributed by atoms with Crippen LogP contribution in [0, 0.1) is 5.92 Å². The summed E-state index contributed by atoms with van der Waals surface area (Å²) in [6.45, 7) is 7.90. The Kier molecular flexibility index (Phi) is 7.05. The summed E-state index contributed by atoms with van der Waals surface area (Å²) >= 11 is 1.47. The van der Waals surface area contributed by atoms with Crippen LogP contribution in [0.25, 0.3) is 0 Å². The van der Waals surface area contributed by atoms with E-state index in [9.17, 15) is 14.4 Å². The van der Waals surface area contributed by atoms with Crippen LogP contribution in [-0.2, 0) is 33.3 Å². The molecule has 8 nitrogen and oxygen atoms in total. The summed E-state index contributed by atoms with van der Waals surface area (Å²) in [7, 11) is 0. The lowest BCUT2D eigenvalue weighted by Crippen LogP contribution is -2.59. The Morgan fingerprint density at radius 3 is 2.23 bits per heavy atom. The Labute approximate surface area is 157 Å². The molecule has 5 atom stereocenters. The van der Waals surface area contributed by atoms with Crippen molar-refractivity contribution in [1.29, 1.82) is 0 Å². The first-order valence-electron chi connectivity index (χ1n) is 8.54. The van der Waals surface area contributed by atoms with Gasteiger partial charge >= 0.3 is 17.9 Å². The molecule has 26 heavy (non-hydrogen) atoms. The molecule has 0 aromatic rings. The van der Waals surface area contributed by atoms with Gasteiger partial charge in [0.2, 0.25) is 0 Å². The van der Waals surface area contributed by atoms with Crippen LogP contribution in [0.4, 0.5) is 0 Å². The standard InChI is InChI=1S/C17H25NO7S/c1-8(2)6-13-18-14-16(24-11(5)21)15(23-10(4)20)12(7-22-9(3)19)25-17(14)26-13/h8,12,14-17H,6-7H2,1-5H3/t12-,14-,15-,16-,17-/m1/s1. The third-order valence-electron chi connectivity index (χ3n) is 3.80. The minimum absolute atomic E-state index is 0.103. The van der Waals surface area contributed by atoms with E-state index in [-0.39, 0.29) is 12.0 Å². The predicted molar refractivity (Wildman–Crippen MR) is 94.7 cm³/mol. The van der Waals surface area contributed by atoms with E-state index in [0.717, 1.165) is 11.5 Å². The smallest absolute Gasteiger partial charge is 0.303 e. The number of aliphatic imine (C=N–C) groups is 1. The van der Waals surface area contributed by atoms with Crippen molar-refractivity contribution in [1.82, 2.24) is 0 Å². The first-order valence-corrected chi connectivity index (χ1v) is 9.42. The van der Waals surface area contributed by atoms with Crippen LogP contribution in [0.15, 0.2) is 4.99 Å². The van der Waals surface area contributed by atoms with Crippen LogP contribution >= 0.6 is 11.8 Å². The Morgan fingerprint density at radius 1 is 1.08 bits per heavy atom. The molecule has 0 radical (unpaired) electrons. The number of thioether (sulfide) groups is 1. The molecule has 2 aliphatic rings. The summed E-state index contributed by atoms with van der Waals surface area (Å²) in [4.78, 5) is 39.0. The van der Waals surface area contributed by atoms with E-state index < -0.39 is 42.3 Å². The highest BCUT2D eigenvalue weighted by Crippen LogP contribution is 2.40. The van der Waals surface area contributed by atoms with Crippen molar-refractivity contribution in [2.45, 2.75) is 70.8 Å². The SMILES string of the molecule is CC(=O)OC[C@H]1O[C@@H]2SC(CC(C)C)=N[C@@H]2[C@@H](OC(C)=O)[C@@H]1OC(C)=O. The Bertz CT molecular complexity index is 592. The molecule has 1 fully saturated rings. The van der Waals surface area contributed by atoms with E-state index in [2.05, 4.69) is 18.8 Å². The van der Waals surface area contributed by atoms with Crippen molar-refractivity contribution in [2.75, 3.05) is 6.61 Å².